The highest BCUT2D eigenvalue weighted by Gasteiger charge is 2.41. The maximum absolute atomic E-state index is 8.78. The number of nitrogens with two attached hydrogens (primary N) is 1. The predicted molar refractivity (Wildman–Crippen MR) is 76.2 cm³/mol. The molecule has 2 aliphatic rings. The van der Waals surface area contributed by atoms with Gasteiger partial charge < -0.3 is 16.2 Å². The van der Waals surface area contributed by atoms with Crippen molar-refractivity contribution in [3.05, 3.63) is 33.3 Å². The maximum Gasteiger partial charge on any atom is 0.402 e. The number of benzene rings is 1. The third-order valence-electron chi connectivity index (χ3n) is 3.92. The summed E-state index contributed by atoms with van der Waals surface area (Å²) in [6.07, 6.45) is -1.33. The Labute approximate surface area is 121 Å². The number of hydrogen-bond acceptors (Lipinski definition) is 2. The molecule has 4 N–H and O–H groups in total. The Kier molecular flexibility index (Phi) is 4.23. The Bertz CT molecular complexity index is 504. The van der Waals surface area contributed by atoms with E-state index in [1.807, 2.05) is 0 Å². The first-order valence-electron chi connectivity index (χ1n) is 6.09. The van der Waals surface area contributed by atoms with E-state index >= 15 is 0 Å². The molecule has 1 amide bonds. The number of fused-ring (bicyclic) bond motifs is 3. The maximum atomic E-state index is 8.78. The molecule has 1 fully saturated rings. The Morgan fingerprint density at radius 1 is 1.32 bits per heavy atom. The van der Waals surface area contributed by atoms with E-state index in [1.54, 1.807) is 0 Å². The molecular formula is C13H16Cl2N2O2. The molecule has 3 unspecified atom stereocenters. The van der Waals surface area contributed by atoms with Crippen molar-refractivity contribution in [2.45, 2.75) is 18.8 Å². The van der Waals surface area contributed by atoms with Crippen molar-refractivity contribution in [1.29, 1.82) is 0 Å². The molecule has 19 heavy (non-hydrogen) atoms. The van der Waals surface area contributed by atoms with Crippen LogP contribution < -0.4 is 11.1 Å². The molecule has 0 spiro atoms. The minimum absolute atomic E-state index is 0.606. The standard InChI is InChI=1S/C12H13Cl2N.CH3NO2/c1-6-7-2-11(13)12(14)3-8(7)10-5-15-4-9(6)10;2-1(3)4/h2-3,6,9-10,15H,4-5H2,1H3;2H2,(H,3,4). The van der Waals surface area contributed by atoms with Gasteiger partial charge >= 0.3 is 6.09 Å². The number of primary amides is 1. The molecule has 1 aromatic carbocycles. The van der Waals surface area contributed by atoms with Crippen LogP contribution in [-0.2, 0) is 0 Å². The van der Waals surface area contributed by atoms with E-state index in [4.69, 9.17) is 33.1 Å². The van der Waals surface area contributed by atoms with E-state index in [9.17, 15) is 0 Å². The number of carbonyl (C=O) groups is 1. The molecule has 1 saturated heterocycles. The third-order valence-corrected chi connectivity index (χ3v) is 4.64. The van der Waals surface area contributed by atoms with Gasteiger partial charge in [-0.1, -0.05) is 30.1 Å². The summed E-state index contributed by atoms with van der Waals surface area (Å²) in [5, 5.41) is 12.0. The van der Waals surface area contributed by atoms with Gasteiger partial charge in [-0.2, -0.15) is 0 Å². The van der Waals surface area contributed by atoms with Gasteiger partial charge in [0.1, 0.15) is 0 Å². The first kappa shape index (κ1) is 14.4. The van der Waals surface area contributed by atoms with Gasteiger partial charge in [-0.25, -0.2) is 4.79 Å². The second-order valence-electron chi connectivity index (χ2n) is 4.95. The van der Waals surface area contributed by atoms with Crippen molar-refractivity contribution >= 4 is 29.3 Å². The SMILES string of the molecule is CC1c2cc(Cl)c(Cl)cc2C2CNCC12.NC(=O)O. The Morgan fingerprint density at radius 2 is 1.84 bits per heavy atom. The fourth-order valence-electron chi connectivity index (χ4n) is 3.09. The number of rotatable bonds is 0. The molecule has 1 aromatic rings. The molecule has 0 radical (unpaired) electrons. The minimum atomic E-state index is -1.33. The largest absolute Gasteiger partial charge is 0.465 e. The molecule has 0 aromatic heterocycles. The Morgan fingerprint density at radius 3 is 2.42 bits per heavy atom. The summed E-state index contributed by atoms with van der Waals surface area (Å²) in [7, 11) is 0. The smallest absolute Gasteiger partial charge is 0.402 e. The molecule has 0 bridgehead atoms. The minimum Gasteiger partial charge on any atom is -0.465 e. The van der Waals surface area contributed by atoms with Gasteiger partial charge in [0.05, 0.1) is 10.0 Å². The van der Waals surface area contributed by atoms with Gasteiger partial charge in [0.25, 0.3) is 0 Å². The number of hydrogen-bond donors (Lipinski definition) is 3. The second kappa shape index (κ2) is 5.57. The fourth-order valence-corrected chi connectivity index (χ4v) is 3.43. The highest BCUT2D eigenvalue weighted by Crippen LogP contribution is 2.49. The van der Waals surface area contributed by atoms with Crippen molar-refractivity contribution in [2.24, 2.45) is 11.7 Å². The van der Waals surface area contributed by atoms with Crippen molar-refractivity contribution in [1.82, 2.24) is 5.32 Å². The zero-order valence-electron chi connectivity index (χ0n) is 10.5. The van der Waals surface area contributed by atoms with Gasteiger partial charge in [0, 0.05) is 12.5 Å². The second-order valence-corrected chi connectivity index (χ2v) is 5.77. The Balaban J connectivity index is 0.000000297. The Hall–Kier alpha value is -0.970. The summed E-state index contributed by atoms with van der Waals surface area (Å²) in [5.74, 6) is 1.98. The van der Waals surface area contributed by atoms with E-state index in [0.29, 0.717) is 21.9 Å². The molecule has 3 rings (SSSR count). The van der Waals surface area contributed by atoms with Crippen LogP contribution in [-0.4, -0.2) is 24.3 Å². The molecule has 3 atom stereocenters. The lowest BCUT2D eigenvalue weighted by atomic mass is 9.91. The lowest BCUT2D eigenvalue weighted by Crippen LogP contribution is -2.12. The number of amides is 1. The highest BCUT2D eigenvalue weighted by atomic mass is 35.5. The molecule has 6 heteroatoms. The lowest BCUT2D eigenvalue weighted by molar-refractivity contribution is 0.205. The van der Waals surface area contributed by atoms with E-state index in [0.717, 1.165) is 19.0 Å². The molecule has 1 heterocycles. The third kappa shape index (κ3) is 2.81. The van der Waals surface area contributed by atoms with Crippen LogP contribution in [0.15, 0.2) is 12.1 Å². The first-order chi connectivity index (χ1) is 8.91. The monoisotopic (exact) mass is 302 g/mol. The van der Waals surface area contributed by atoms with Crippen LogP contribution in [0.2, 0.25) is 10.0 Å². The van der Waals surface area contributed by atoms with Crippen LogP contribution in [0.5, 0.6) is 0 Å². The van der Waals surface area contributed by atoms with Gasteiger partial charge in [-0.3, -0.25) is 0 Å². The summed E-state index contributed by atoms with van der Waals surface area (Å²) in [6.45, 7) is 4.50. The van der Waals surface area contributed by atoms with E-state index < -0.39 is 6.09 Å². The average molecular weight is 303 g/mol. The van der Waals surface area contributed by atoms with Crippen molar-refractivity contribution < 1.29 is 9.90 Å². The normalized spacial score (nSPS) is 27.2. The highest BCUT2D eigenvalue weighted by molar-refractivity contribution is 6.42. The summed E-state index contributed by atoms with van der Waals surface area (Å²) < 4.78 is 0. The number of nitrogens with one attached hydrogen (secondary N) is 1. The predicted octanol–water partition coefficient (Wildman–Crippen LogP) is 3.04. The lowest BCUT2D eigenvalue weighted by Gasteiger charge is -2.12. The molecule has 0 saturated carbocycles. The van der Waals surface area contributed by atoms with Crippen LogP contribution in [0.25, 0.3) is 0 Å². The van der Waals surface area contributed by atoms with Crippen molar-refractivity contribution in [3.63, 3.8) is 0 Å². The number of carboxylic acid groups (broad SMARTS) is 1. The molecule has 1 aliphatic carbocycles. The fraction of sp³-hybridized carbons (Fsp3) is 0.462. The molecule has 4 nitrogen and oxygen atoms in total. The van der Waals surface area contributed by atoms with E-state index in [2.05, 4.69) is 30.1 Å². The van der Waals surface area contributed by atoms with Crippen molar-refractivity contribution in [3.8, 4) is 0 Å². The summed E-state index contributed by atoms with van der Waals surface area (Å²) in [5.41, 5.74) is 6.84. The van der Waals surface area contributed by atoms with Crippen LogP contribution in [0.1, 0.15) is 29.9 Å². The van der Waals surface area contributed by atoms with E-state index in [-0.39, 0.29) is 0 Å². The summed E-state index contributed by atoms with van der Waals surface area (Å²) >= 11 is 12.1. The summed E-state index contributed by atoms with van der Waals surface area (Å²) in [6, 6.07) is 4.12. The molecule has 104 valence electrons. The molecular weight excluding hydrogens is 287 g/mol. The zero-order valence-corrected chi connectivity index (χ0v) is 12.0. The van der Waals surface area contributed by atoms with Crippen LogP contribution in [0.4, 0.5) is 4.79 Å². The van der Waals surface area contributed by atoms with Gasteiger partial charge in [-0.05, 0) is 41.6 Å². The zero-order chi connectivity index (χ0) is 14.2. The van der Waals surface area contributed by atoms with Gasteiger partial charge in [-0.15, -0.1) is 0 Å². The first-order valence-corrected chi connectivity index (χ1v) is 6.85. The van der Waals surface area contributed by atoms with Crippen molar-refractivity contribution in [2.75, 3.05) is 13.1 Å². The number of halogens is 2. The van der Waals surface area contributed by atoms with Gasteiger partial charge in [0.2, 0.25) is 0 Å². The topological polar surface area (TPSA) is 75.3 Å². The molecule has 1 aliphatic heterocycles. The van der Waals surface area contributed by atoms with Crippen LogP contribution in [0, 0.1) is 5.92 Å². The van der Waals surface area contributed by atoms with Crippen LogP contribution in [0.3, 0.4) is 0 Å². The van der Waals surface area contributed by atoms with Crippen LogP contribution >= 0.6 is 23.2 Å². The van der Waals surface area contributed by atoms with Gasteiger partial charge in [0.15, 0.2) is 0 Å². The quantitative estimate of drug-likeness (QED) is 0.689. The summed E-state index contributed by atoms with van der Waals surface area (Å²) in [4.78, 5) is 8.78. The average Bonchev–Trinajstić information content (AvgIpc) is 2.86. The van der Waals surface area contributed by atoms with E-state index in [1.165, 1.54) is 11.1 Å².